The molecule has 136 valence electrons. The lowest BCUT2D eigenvalue weighted by molar-refractivity contribution is 0.147. The zero-order valence-electron chi connectivity index (χ0n) is 15.7. The van der Waals surface area contributed by atoms with Gasteiger partial charge in [-0.25, -0.2) is 9.98 Å². The molecule has 0 saturated carbocycles. The Bertz CT molecular complexity index is 506. The highest BCUT2D eigenvalue weighted by Crippen LogP contribution is 2.18. The lowest BCUT2D eigenvalue weighted by Gasteiger charge is -2.35. The Labute approximate surface area is 146 Å². The Hall–Kier alpha value is -1.56. The molecule has 1 saturated heterocycles. The molecule has 0 spiro atoms. The summed E-state index contributed by atoms with van der Waals surface area (Å²) in [6.45, 7) is 12.8. The molecule has 0 aliphatic carbocycles. The molecule has 1 atom stereocenters. The van der Waals surface area contributed by atoms with E-state index in [2.05, 4.69) is 39.4 Å². The molecule has 0 radical (unpaired) electrons. The molecule has 2 heterocycles. The number of nitrogens with one attached hydrogen (secondary N) is 2. The second kappa shape index (κ2) is 9.67. The molecule has 1 aromatic rings. The van der Waals surface area contributed by atoms with Gasteiger partial charge in [0.15, 0.2) is 5.96 Å². The van der Waals surface area contributed by atoms with Crippen molar-refractivity contribution in [2.75, 3.05) is 26.2 Å². The number of aromatic nitrogens is 1. The molecule has 1 aliphatic rings. The normalized spacial score (nSPS) is 19.5. The molecule has 1 fully saturated rings. The van der Waals surface area contributed by atoms with Crippen LogP contribution in [0.3, 0.4) is 0 Å². The van der Waals surface area contributed by atoms with Crippen molar-refractivity contribution in [2.24, 2.45) is 4.99 Å². The number of hydrogen-bond donors (Lipinski definition) is 2. The Kier molecular flexibility index (Phi) is 7.56. The molecule has 24 heavy (non-hydrogen) atoms. The molecule has 1 aromatic heterocycles. The monoisotopic (exact) mass is 335 g/mol. The van der Waals surface area contributed by atoms with Crippen molar-refractivity contribution in [3.8, 4) is 0 Å². The summed E-state index contributed by atoms with van der Waals surface area (Å²) in [7, 11) is 0. The standard InChI is InChI=1S/C18H33N5O/c1-5-16-9-7-8-11-23(16)12-10-20-18(19-6-2)21-13-17-22-14(3)15(4)24-17/h16H,5-13H2,1-4H3,(H2,19,20,21). The first kappa shape index (κ1) is 18.8. The van der Waals surface area contributed by atoms with Gasteiger partial charge in [0.05, 0.1) is 5.69 Å². The third kappa shape index (κ3) is 5.51. The van der Waals surface area contributed by atoms with Crippen LogP contribution in [0.5, 0.6) is 0 Å². The maximum Gasteiger partial charge on any atom is 0.216 e. The Morgan fingerprint density at radius 3 is 2.79 bits per heavy atom. The average Bonchev–Trinajstić information content (AvgIpc) is 2.91. The minimum Gasteiger partial charge on any atom is -0.444 e. The number of aryl methyl sites for hydroxylation is 2. The van der Waals surface area contributed by atoms with Gasteiger partial charge in [0.25, 0.3) is 0 Å². The Balaban J connectivity index is 1.82. The fourth-order valence-electron chi connectivity index (χ4n) is 3.23. The van der Waals surface area contributed by atoms with Crippen LogP contribution >= 0.6 is 0 Å². The zero-order chi connectivity index (χ0) is 17.4. The summed E-state index contributed by atoms with van der Waals surface area (Å²) in [4.78, 5) is 11.6. The Morgan fingerprint density at radius 2 is 2.12 bits per heavy atom. The molecule has 0 aromatic carbocycles. The summed E-state index contributed by atoms with van der Waals surface area (Å²) >= 11 is 0. The molecule has 6 heteroatoms. The number of guanidine groups is 1. The van der Waals surface area contributed by atoms with Crippen molar-refractivity contribution >= 4 is 5.96 Å². The van der Waals surface area contributed by atoms with Gasteiger partial charge in [0, 0.05) is 25.7 Å². The molecule has 0 bridgehead atoms. The van der Waals surface area contributed by atoms with Crippen molar-refractivity contribution in [2.45, 2.75) is 66.0 Å². The minimum absolute atomic E-state index is 0.464. The van der Waals surface area contributed by atoms with Crippen molar-refractivity contribution < 1.29 is 4.42 Å². The first-order valence-corrected chi connectivity index (χ1v) is 9.33. The summed E-state index contributed by atoms with van der Waals surface area (Å²) < 4.78 is 5.59. The number of rotatable bonds is 7. The van der Waals surface area contributed by atoms with E-state index < -0.39 is 0 Å². The van der Waals surface area contributed by atoms with Crippen LogP contribution in [0.1, 0.15) is 56.9 Å². The first-order valence-electron chi connectivity index (χ1n) is 9.33. The molecular weight excluding hydrogens is 302 g/mol. The minimum atomic E-state index is 0.464. The number of likely N-dealkylation sites (tertiary alicyclic amines) is 1. The third-order valence-electron chi connectivity index (χ3n) is 4.70. The molecule has 6 nitrogen and oxygen atoms in total. The highest BCUT2D eigenvalue weighted by molar-refractivity contribution is 5.79. The van der Waals surface area contributed by atoms with Gasteiger partial charge in [-0.05, 0) is 46.6 Å². The van der Waals surface area contributed by atoms with Crippen LogP contribution in [0.2, 0.25) is 0 Å². The Morgan fingerprint density at radius 1 is 1.29 bits per heavy atom. The molecule has 2 rings (SSSR count). The molecular formula is C18H33N5O. The predicted molar refractivity (Wildman–Crippen MR) is 98.3 cm³/mol. The average molecular weight is 335 g/mol. The summed E-state index contributed by atoms with van der Waals surface area (Å²) in [5.41, 5.74) is 0.939. The van der Waals surface area contributed by atoms with E-state index in [0.29, 0.717) is 12.4 Å². The molecule has 2 N–H and O–H groups in total. The predicted octanol–water partition coefficient (Wildman–Crippen LogP) is 2.61. The van der Waals surface area contributed by atoms with Gasteiger partial charge in [-0.3, -0.25) is 4.90 Å². The summed E-state index contributed by atoms with van der Waals surface area (Å²) in [6.07, 6.45) is 5.29. The van der Waals surface area contributed by atoms with E-state index in [1.807, 2.05) is 13.8 Å². The highest BCUT2D eigenvalue weighted by Gasteiger charge is 2.19. The van der Waals surface area contributed by atoms with E-state index >= 15 is 0 Å². The van der Waals surface area contributed by atoms with Gasteiger partial charge in [0.1, 0.15) is 12.3 Å². The van der Waals surface area contributed by atoms with Crippen molar-refractivity contribution in [1.29, 1.82) is 0 Å². The maximum atomic E-state index is 5.59. The molecule has 1 unspecified atom stereocenters. The van der Waals surface area contributed by atoms with Crippen LogP contribution in [0.4, 0.5) is 0 Å². The molecule has 0 amide bonds. The van der Waals surface area contributed by atoms with Crippen molar-refractivity contribution in [3.05, 3.63) is 17.3 Å². The van der Waals surface area contributed by atoms with E-state index in [4.69, 9.17) is 4.42 Å². The summed E-state index contributed by atoms with van der Waals surface area (Å²) in [5, 5.41) is 6.72. The summed E-state index contributed by atoms with van der Waals surface area (Å²) in [5.74, 6) is 2.37. The van der Waals surface area contributed by atoms with Crippen LogP contribution in [0.15, 0.2) is 9.41 Å². The fraction of sp³-hybridized carbons (Fsp3) is 0.778. The van der Waals surface area contributed by atoms with E-state index in [1.165, 1.54) is 32.2 Å². The number of aliphatic imine (C=N–C) groups is 1. The number of oxazole rings is 1. The van der Waals surface area contributed by atoms with Gasteiger partial charge in [-0.1, -0.05) is 13.3 Å². The van der Waals surface area contributed by atoms with Crippen molar-refractivity contribution in [1.82, 2.24) is 20.5 Å². The van der Waals surface area contributed by atoms with Crippen molar-refractivity contribution in [3.63, 3.8) is 0 Å². The van der Waals surface area contributed by atoms with E-state index in [1.54, 1.807) is 0 Å². The van der Waals surface area contributed by atoms with Gasteiger partial charge in [-0.2, -0.15) is 0 Å². The number of nitrogens with zero attached hydrogens (tertiary/aromatic N) is 3. The van der Waals surface area contributed by atoms with Gasteiger partial charge < -0.3 is 15.1 Å². The van der Waals surface area contributed by atoms with Gasteiger partial charge in [-0.15, -0.1) is 0 Å². The van der Waals surface area contributed by atoms with E-state index in [-0.39, 0.29) is 0 Å². The lowest BCUT2D eigenvalue weighted by atomic mass is 10.0. The highest BCUT2D eigenvalue weighted by atomic mass is 16.4. The van der Waals surface area contributed by atoms with Crippen LogP contribution < -0.4 is 10.6 Å². The third-order valence-corrected chi connectivity index (χ3v) is 4.70. The van der Waals surface area contributed by atoms with Crippen LogP contribution in [0, 0.1) is 13.8 Å². The zero-order valence-corrected chi connectivity index (χ0v) is 15.7. The quantitative estimate of drug-likeness (QED) is 0.592. The van der Waals surface area contributed by atoms with Gasteiger partial charge in [0.2, 0.25) is 5.89 Å². The van der Waals surface area contributed by atoms with Crippen LogP contribution in [-0.2, 0) is 6.54 Å². The second-order valence-corrected chi connectivity index (χ2v) is 6.46. The van der Waals surface area contributed by atoms with Crippen LogP contribution in [-0.4, -0.2) is 48.1 Å². The second-order valence-electron chi connectivity index (χ2n) is 6.46. The smallest absolute Gasteiger partial charge is 0.216 e. The maximum absolute atomic E-state index is 5.59. The fourth-order valence-corrected chi connectivity index (χ4v) is 3.23. The SMILES string of the molecule is CCNC(=NCc1nc(C)c(C)o1)NCCN1CCCCC1CC. The largest absolute Gasteiger partial charge is 0.444 e. The number of hydrogen-bond acceptors (Lipinski definition) is 4. The topological polar surface area (TPSA) is 65.7 Å². The van der Waals surface area contributed by atoms with E-state index in [9.17, 15) is 0 Å². The first-order chi connectivity index (χ1) is 11.6. The van der Waals surface area contributed by atoms with E-state index in [0.717, 1.165) is 43.1 Å². The number of piperidine rings is 1. The lowest BCUT2D eigenvalue weighted by Crippen LogP contribution is -2.45. The summed E-state index contributed by atoms with van der Waals surface area (Å²) in [6, 6.07) is 0.748. The molecule has 1 aliphatic heterocycles. The van der Waals surface area contributed by atoms with Crippen LogP contribution in [0.25, 0.3) is 0 Å². The van der Waals surface area contributed by atoms with Gasteiger partial charge >= 0.3 is 0 Å².